The molecule has 0 aliphatic carbocycles. The molecule has 62 heavy (non-hydrogen) atoms. The summed E-state index contributed by atoms with van der Waals surface area (Å²) >= 11 is 0. The average molecular weight is 937 g/mol. The number of non-ortho nitro benzene ring substituents is 2. The molecule has 0 spiro atoms. The Labute approximate surface area is 379 Å². The Hall–Kier alpha value is -6.81. The largest absolute Gasteiger partial charge is 3.00 e. The summed E-state index contributed by atoms with van der Waals surface area (Å²) in [5.41, 5.74) is 9.40. The third-order valence-electron chi connectivity index (χ3n) is 7.93. The van der Waals surface area contributed by atoms with Crippen molar-refractivity contribution in [1.82, 2.24) is 0 Å². The van der Waals surface area contributed by atoms with E-state index in [1.807, 2.05) is 0 Å². The van der Waals surface area contributed by atoms with Crippen LogP contribution in [0.5, 0.6) is 11.5 Å². The molecule has 6 aromatic carbocycles. The van der Waals surface area contributed by atoms with Crippen LogP contribution in [0.25, 0.3) is 33.0 Å². The molecule has 0 fully saturated rings. The van der Waals surface area contributed by atoms with Crippen molar-refractivity contribution >= 4 is 98.7 Å². The van der Waals surface area contributed by atoms with Gasteiger partial charge in [-0.1, -0.05) is 48.5 Å². The third kappa shape index (κ3) is 10.6. The molecule has 0 aliphatic rings. The number of azo groups is 2. The minimum atomic E-state index is -4.97. The predicted molar refractivity (Wildman–Crippen MR) is 200 cm³/mol. The third-order valence-corrected chi connectivity index (χ3v) is 9.68. The molecule has 1 radical (unpaired) electrons. The number of fused-ring (bicyclic) bond motifs is 2. The number of hydrogen-bond acceptors (Lipinski definition) is 20. The van der Waals surface area contributed by atoms with E-state index < -0.39 is 107 Å². The standard InChI is InChI=1S/2C16H10N5O8S.Cr.Na/c2*17-15-10-4-2-1-3-9(10)14(30(27,28)29)7-11(15)18-19-12-5-8(20(23)24)6-13(16(12)22)21(25)26;;/h2*1-7H,(H3-,17,18,19,22,27,28,29);;/q2*-1;+3;+1/p-3. The second-order valence-electron chi connectivity index (χ2n) is 11.6. The first-order chi connectivity index (χ1) is 28.0. The number of nitro groups is 4. The van der Waals surface area contributed by atoms with Crippen molar-refractivity contribution in [3.63, 3.8) is 0 Å². The molecule has 0 aliphatic heterocycles. The van der Waals surface area contributed by atoms with Gasteiger partial charge >= 0.3 is 48.3 Å². The second-order valence-corrected chi connectivity index (χ2v) is 14.3. The topological polar surface area (TPSA) is 430 Å². The van der Waals surface area contributed by atoms with Crippen LogP contribution < -0.4 is 39.8 Å². The van der Waals surface area contributed by atoms with Gasteiger partial charge in [-0.15, -0.1) is 11.4 Å². The molecule has 311 valence electrons. The zero-order valence-corrected chi connectivity index (χ0v) is 35.3. The molecule has 6 aromatic rings. The maximum Gasteiger partial charge on any atom is 3.00 e. The van der Waals surface area contributed by atoms with E-state index in [0.29, 0.717) is 24.3 Å². The summed E-state index contributed by atoms with van der Waals surface area (Å²) in [6.45, 7) is 0. The van der Waals surface area contributed by atoms with Gasteiger partial charge in [-0.25, -0.2) is 16.8 Å². The van der Waals surface area contributed by atoms with E-state index in [1.165, 1.54) is 48.5 Å². The molecule has 0 unspecified atom stereocenters. The van der Waals surface area contributed by atoms with Gasteiger partial charge in [0.05, 0.1) is 64.4 Å². The predicted octanol–water partition coefficient (Wildman–Crippen LogP) is 4.58. The summed E-state index contributed by atoms with van der Waals surface area (Å²) in [6.07, 6.45) is 0. The minimum absolute atomic E-state index is 0. The van der Waals surface area contributed by atoms with Crippen LogP contribution in [0.4, 0.5) is 56.9 Å². The second kappa shape index (κ2) is 19.3. The van der Waals surface area contributed by atoms with Crippen LogP contribution in [-0.2, 0) is 37.6 Å². The molecule has 26 nitrogen and oxygen atoms in total. The van der Waals surface area contributed by atoms with Crippen LogP contribution in [0.1, 0.15) is 1.43 Å². The molecule has 0 saturated carbocycles. The molecule has 0 bridgehead atoms. The molecular formula is C32H17CrN10NaO16S2-. The summed E-state index contributed by atoms with van der Waals surface area (Å²) < 4.78 is 69.5. The molecule has 6 rings (SSSR count). The van der Waals surface area contributed by atoms with Gasteiger partial charge in [-0.3, -0.25) is 40.5 Å². The smallest absolute Gasteiger partial charge is 0.866 e. The Bertz CT molecular complexity index is 2940. The van der Waals surface area contributed by atoms with Crippen molar-refractivity contribution in [2.45, 2.75) is 9.79 Å². The maximum absolute atomic E-state index is 12.1. The van der Waals surface area contributed by atoms with Gasteiger partial charge in [0.2, 0.25) is 0 Å². The molecule has 0 saturated heterocycles. The minimum Gasteiger partial charge on any atom is -0.866 e. The fraction of sp³-hybridized carbons (Fsp3) is 0. The molecule has 0 amide bonds. The van der Waals surface area contributed by atoms with E-state index in [1.54, 1.807) is 0 Å². The van der Waals surface area contributed by atoms with Gasteiger partial charge in [-0.05, 0) is 33.7 Å². The van der Waals surface area contributed by atoms with E-state index in [9.17, 15) is 76.6 Å². The van der Waals surface area contributed by atoms with Crippen LogP contribution in [0.2, 0.25) is 0 Å². The summed E-state index contributed by atoms with van der Waals surface area (Å²) in [6, 6.07) is 15.0. The van der Waals surface area contributed by atoms with Gasteiger partial charge in [-0.2, -0.15) is 20.5 Å². The van der Waals surface area contributed by atoms with Gasteiger partial charge in [0, 0.05) is 23.6 Å². The number of nitro benzene ring substituents is 4. The van der Waals surface area contributed by atoms with Gasteiger partial charge in [0.25, 0.3) is 22.7 Å². The maximum atomic E-state index is 12.1. The van der Waals surface area contributed by atoms with Crippen LogP contribution in [0.15, 0.2) is 115 Å². The zero-order valence-electron chi connectivity index (χ0n) is 31.4. The summed E-state index contributed by atoms with van der Waals surface area (Å²) in [7, 11) is -9.94. The molecule has 0 atom stereocenters. The van der Waals surface area contributed by atoms with Crippen LogP contribution in [0.3, 0.4) is 0 Å². The van der Waals surface area contributed by atoms with Gasteiger partial charge in [0.1, 0.15) is 20.2 Å². The number of rotatable bonds is 10. The van der Waals surface area contributed by atoms with Crippen molar-refractivity contribution in [2.75, 3.05) is 0 Å². The van der Waals surface area contributed by atoms with E-state index in [4.69, 9.17) is 11.5 Å². The van der Waals surface area contributed by atoms with Gasteiger partial charge in [0.15, 0.2) is 0 Å². The SMILES string of the molecule is [Cr+3].[H+].[NH-]c1c(N=Nc2cc([N+](=O)[O-])cc([N+](=O)[O-])c2[O-])cc(S(=O)(=O)[O-])c2ccccc12.[NH-]c1c(N=Nc2cc([N+](=O)[O-])cc([N+](=O)[O-])c2[O-])cc(S(=O)(=O)[O-])c2ccccc12.[Na+]. The Morgan fingerprint density at radius 1 is 0.484 bits per heavy atom. The van der Waals surface area contributed by atoms with Crippen molar-refractivity contribution in [3.05, 3.63) is 137 Å². The Kier molecular flexibility index (Phi) is 15.4. The Balaban J connectivity index is 0.000000414. The van der Waals surface area contributed by atoms with E-state index >= 15 is 0 Å². The van der Waals surface area contributed by atoms with Crippen LogP contribution in [-0.4, -0.2) is 45.6 Å². The fourth-order valence-electron chi connectivity index (χ4n) is 5.24. The molecule has 2 N–H and O–H groups in total. The molecular weight excluding hydrogens is 920 g/mol. The summed E-state index contributed by atoms with van der Waals surface area (Å²) in [5.74, 6) is -2.53. The monoisotopic (exact) mass is 936 g/mol. The summed E-state index contributed by atoms with van der Waals surface area (Å²) in [5, 5.41) is 82.1. The first kappa shape index (κ1) is 49.6. The van der Waals surface area contributed by atoms with Crippen molar-refractivity contribution in [1.29, 1.82) is 0 Å². The number of benzene rings is 6. The first-order valence-electron chi connectivity index (χ1n) is 15.6. The Morgan fingerprint density at radius 2 is 0.774 bits per heavy atom. The number of nitrogens with one attached hydrogen (secondary N) is 2. The van der Waals surface area contributed by atoms with E-state index in [0.717, 1.165) is 12.1 Å². The number of hydrogen-bond donors (Lipinski definition) is 0. The summed E-state index contributed by atoms with van der Waals surface area (Å²) in [4.78, 5) is 38.2. The molecule has 0 heterocycles. The molecule has 30 heteroatoms. The number of nitrogens with zero attached hydrogens (tertiary/aromatic N) is 8. The van der Waals surface area contributed by atoms with Crippen molar-refractivity contribution in [3.8, 4) is 11.5 Å². The van der Waals surface area contributed by atoms with Crippen molar-refractivity contribution in [2.24, 2.45) is 20.5 Å². The van der Waals surface area contributed by atoms with Gasteiger partial charge < -0.3 is 30.8 Å². The van der Waals surface area contributed by atoms with E-state index in [2.05, 4.69) is 20.5 Å². The zero-order chi connectivity index (χ0) is 44.4. The van der Waals surface area contributed by atoms with E-state index in [-0.39, 0.29) is 81.3 Å². The molecule has 0 aromatic heterocycles. The first-order valence-corrected chi connectivity index (χ1v) is 18.4. The van der Waals surface area contributed by atoms with Crippen LogP contribution in [0, 0.1) is 40.5 Å². The normalized spacial score (nSPS) is 11.4. The quantitative estimate of drug-likeness (QED) is 0.0596. The van der Waals surface area contributed by atoms with Crippen molar-refractivity contribution < 1.29 is 104 Å². The van der Waals surface area contributed by atoms with Crippen LogP contribution >= 0.6 is 0 Å². The fourth-order valence-corrected chi connectivity index (χ4v) is 6.65. The average Bonchev–Trinajstić information content (AvgIpc) is 3.17. The Morgan fingerprint density at radius 3 is 1.05 bits per heavy atom.